The van der Waals surface area contributed by atoms with Gasteiger partial charge in [0.2, 0.25) is 5.91 Å². The van der Waals surface area contributed by atoms with Gasteiger partial charge in [-0.2, -0.15) is 0 Å². The molecule has 2 rings (SSSR count). The first-order valence-corrected chi connectivity index (χ1v) is 8.36. The molecule has 0 radical (unpaired) electrons. The van der Waals surface area contributed by atoms with Gasteiger partial charge in [-0.15, -0.1) is 0 Å². The number of hydrogen-bond donors (Lipinski definition) is 3. The van der Waals surface area contributed by atoms with E-state index in [0.29, 0.717) is 5.69 Å². The molecule has 8 nitrogen and oxygen atoms in total. The molecule has 0 saturated carbocycles. The van der Waals surface area contributed by atoms with Crippen molar-refractivity contribution in [3.8, 4) is 0 Å². The number of rotatable bonds is 8. The molecule has 0 aliphatic rings. The Morgan fingerprint density at radius 3 is 2.41 bits per heavy atom. The molecular weight excluding hydrogens is 350 g/mol. The van der Waals surface area contributed by atoms with Crippen molar-refractivity contribution in [2.24, 2.45) is 0 Å². The molecule has 1 heterocycles. The number of aromatic nitrogens is 1. The molecular formula is C19H21N3O5. The van der Waals surface area contributed by atoms with Crippen LogP contribution >= 0.6 is 0 Å². The fourth-order valence-electron chi connectivity index (χ4n) is 2.23. The zero-order chi connectivity index (χ0) is 19.6. The van der Waals surface area contributed by atoms with Gasteiger partial charge in [-0.05, 0) is 24.6 Å². The minimum atomic E-state index is -1.19. The van der Waals surface area contributed by atoms with Crippen molar-refractivity contribution in [3.05, 3.63) is 66.0 Å². The van der Waals surface area contributed by atoms with Gasteiger partial charge >= 0.3 is 12.1 Å². The topological polar surface area (TPSA) is 118 Å². The van der Waals surface area contributed by atoms with Crippen LogP contribution in [-0.2, 0) is 27.4 Å². The molecule has 1 aromatic heterocycles. The highest BCUT2D eigenvalue weighted by Crippen LogP contribution is 2.02. The van der Waals surface area contributed by atoms with Crippen molar-refractivity contribution in [2.75, 3.05) is 0 Å². The van der Waals surface area contributed by atoms with Crippen LogP contribution in [0.15, 0.2) is 54.7 Å². The summed E-state index contributed by atoms with van der Waals surface area (Å²) in [5, 5.41) is 14.1. The second-order valence-corrected chi connectivity index (χ2v) is 5.85. The summed E-state index contributed by atoms with van der Waals surface area (Å²) in [5.74, 6) is -1.82. The van der Waals surface area contributed by atoms with Gasteiger partial charge in [0.15, 0.2) is 0 Å². The molecule has 8 heteroatoms. The molecule has 2 unspecified atom stereocenters. The normalized spacial score (nSPS) is 12.5. The van der Waals surface area contributed by atoms with Crippen molar-refractivity contribution >= 4 is 18.0 Å². The van der Waals surface area contributed by atoms with Gasteiger partial charge in [0.25, 0.3) is 0 Å². The third-order valence-corrected chi connectivity index (χ3v) is 3.69. The highest BCUT2D eigenvalue weighted by molar-refractivity contribution is 5.89. The van der Waals surface area contributed by atoms with Crippen LogP contribution in [-0.4, -0.2) is 40.1 Å². The number of carboxylic acid groups (broad SMARTS) is 1. The predicted octanol–water partition coefficient (Wildman–Crippen LogP) is 1.51. The number of carbonyl (C=O) groups excluding carboxylic acids is 2. The fraction of sp³-hybridized carbons (Fsp3) is 0.263. The summed E-state index contributed by atoms with van der Waals surface area (Å²) < 4.78 is 5.04. The Balaban J connectivity index is 1.83. The van der Waals surface area contributed by atoms with Crippen LogP contribution in [0, 0.1) is 0 Å². The minimum Gasteiger partial charge on any atom is -0.480 e. The maximum absolute atomic E-state index is 12.2. The number of benzene rings is 1. The molecule has 0 spiro atoms. The highest BCUT2D eigenvalue weighted by Gasteiger charge is 2.24. The van der Waals surface area contributed by atoms with Gasteiger partial charge in [0.05, 0.1) is 0 Å². The van der Waals surface area contributed by atoms with Gasteiger partial charge < -0.3 is 20.5 Å². The lowest BCUT2D eigenvalue weighted by molar-refractivity contribution is -0.142. The molecule has 0 aliphatic carbocycles. The van der Waals surface area contributed by atoms with E-state index in [1.165, 1.54) is 6.92 Å². The average molecular weight is 371 g/mol. The molecule has 2 aromatic rings. The van der Waals surface area contributed by atoms with E-state index in [1.54, 1.807) is 36.5 Å². The van der Waals surface area contributed by atoms with Crippen LogP contribution in [0.3, 0.4) is 0 Å². The number of nitrogens with one attached hydrogen (secondary N) is 2. The van der Waals surface area contributed by atoms with Crippen LogP contribution < -0.4 is 10.6 Å². The third kappa shape index (κ3) is 6.77. The number of pyridine rings is 1. The van der Waals surface area contributed by atoms with E-state index < -0.39 is 30.1 Å². The van der Waals surface area contributed by atoms with Crippen molar-refractivity contribution in [1.29, 1.82) is 0 Å². The average Bonchev–Trinajstić information content (AvgIpc) is 2.67. The summed E-state index contributed by atoms with van der Waals surface area (Å²) in [5.41, 5.74) is 1.35. The monoisotopic (exact) mass is 371 g/mol. The summed E-state index contributed by atoms with van der Waals surface area (Å²) in [7, 11) is 0. The number of alkyl carbamates (subject to hydrolysis) is 1. The van der Waals surface area contributed by atoms with E-state index in [2.05, 4.69) is 15.6 Å². The number of amides is 2. The second-order valence-electron chi connectivity index (χ2n) is 5.85. The second kappa shape index (κ2) is 9.91. The minimum absolute atomic E-state index is 0.0348. The molecule has 2 atom stereocenters. The Morgan fingerprint density at radius 2 is 1.78 bits per heavy atom. The molecule has 27 heavy (non-hydrogen) atoms. The van der Waals surface area contributed by atoms with Gasteiger partial charge in [-0.25, -0.2) is 9.59 Å². The number of ether oxygens (including phenoxy) is 1. The summed E-state index contributed by atoms with van der Waals surface area (Å²) >= 11 is 0. The lowest BCUT2D eigenvalue weighted by Crippen LogP contribution is -2.51. The van der Waals surface area contributed by atoms with E-state index in [4.69, 9.17) is 4.74 Å². The largest absolute Gasteiger partial charge is 0.480 e. The quantitative estimate of drug-likeness (QED) is 0.647. The van der Waals surface area contributed by atoms with Crippen LogP contribution in [0.25, 0.3) is 0 Å². The SMILES string of the molecule is CC(NC(=O)OCc1ccccc1)C(=O)NC(Cc1ccccn1)C(=O)O. The molecule has 0 aliphatic heterocycles. The lowest BCUT2D eigenvalue weighted by atomic mass is 10.1. The Bertz CT molecular complexity index is 767. The van der Waals surface area contributed by atoms with Crippen LogP contribution in [0.1, 0.15) is 18.2 Å². The van der Waals surface area contributed by atoms with Gasteiger partial charge in [0.1, 0.15) is 18.7 Å². The van der Waals surface area contributed by atoms with Gasteiger partial charge in [-0.3, -0.25) is 9.78 Å². The highest BCUT2D eigenvalue weighted by atomic mass is 16.5. The van der Waals surface area contributed by atoms with Gasteiger partial charge in [-0.1, -0.05) is 36.4 Å². The first kappa shape index (κ1) is 19.9. The molecule has 1 aromatic carbocycles. The number of hydrogen-bond acceptors (Lipinski definition) is 5. The molecule has 0 saturated heterocycles. The Labute approximate surface area is 156 Å². The van der Waals surface area contributed by atoms with E-state index >= 15 is 0 Å². The summed E-state index contributed by atoms with van der Waals surface area (Å²) in [6.07, 6.45) is 0.814. The predicted molar refractivity (Wildman–Crippen MR) is 96.7 cm³/mol. The number of nitrogens with zero attached hydrogens (tertiary/aromatic N) is 1. The smallest absolute Gasteiger partial charge is 0.408 e. The fourth-order valence-corrected chi connectivity index (χ4v) is 2.23. The Hall–Kier alpha value is -3.42. The molecule has 0 fully saturated rings. The van der Waals surface area contributed by atoms with Crippen LogP contribution in [0.2, 0.25) is 0 Å². The maximum atomic E-state index is 12.2. The Kier molecular flexibility index (Phi) is 7.30. The zero-order valence-corrected chi connectivity index (χ0v) is 14.8. The first-order chi connectivity index (χ1) is 13.0. The van der Waals surface area contributed by atoms with Crippen molar-refractivity contribution in [3.63, 3.8) is 0 Å². The van der Waals surface area contributed by atoms with E-state index in [9.17, 15) is 19.5 Å². The van der Waals surface area contributed by atoms with Crippen molar-refractivity contribution in [1.82, 2.24) is 15.6 Å². The maximum Gasteiger partial charge on any atom is 0.408 e. The zero-order valence-electron chi connectivity index (χ0n) is 14.8. The van der Waals surface area contributed by atoms with Crippen LogP contribution in [0.5, 0.6) is 0 Å². The van der Waals surface area contributed by atoms with E-state index in [0.717, 1.165) is 5.56 Å². The number of aliphatic carboxylic acids is 1. The van der Waals surface area contributed by atoms with Crippen LogP contribution in [0.4, 0.5) is 4.79 Å². The molecule has 3 N–H and O–H groups in total. The number of carboxylic acids is 1. The summed E-state index contributed by atoms with van der Waals surface area (Å²) in [6, 6.07) is 12.1. The van der Waals surface area contributed by atoms with E-state index in [1.807, 2.05) is 18.2 Å². The van der Waals surface area contributed by atoms with Gasteiger partial charge in [0, 0.05) is 18.3 Å². The van der Waals surface area contributed by atoms with Crippen molar-refractivity contribution < 1.29 is 24.2 Å². The molecule has 142 valence electrons. The third-order valence-electron chi connectivity index (χ3n) is 3.69. The van der Waals surface area contributed by atoms with E-state index in [-0.39, 0.29) is 13.0 Å². The van der Waals surface area contributed by atoms with Crippen molar-refractivity contribution in [2.45, 2.75) is 32.0 Å². The number of carbonyl (C=O) groups is 3. The Morgan fingerprint density at radius 1 is 1.07 bits per heavy atom. The summed E-state index contributed by atoms with van der Waals surface area (Å²) in [4.78, 5) is 39.4. The molecule has 0 bridgehead atoms. The molecule has 2 amide bonds. The standard InChI is InChI=1S/C19H21N3O5/c1-13(21-19(26)27-12-14-7-3-2-4-8-14)17(23)22-16(18(24)25)11-15-9-5-6-10-20-15/h2-10,13,16H,11-12H2,1H3,(H,21,26)(H,22,23)(H,24,25). The first-order valence-electron chi connectivity index (χ1n) is 8.36. The summed E-state index contributed by atoms with van der Waals surface area (Å²) in [6.45, 7) is 1.51. The lowest BCUT2D eigenvalue weighted by Gasteiger charge is -2.18.